The van der Waals surface area contributed by atoms with E-state index in [1.807, 2.05) is 31.5 Å². The predicted molar refractivity (Wildman–Crippen MR) is 160 cm³/mol. The van der Waals surface area contributed by atoms with Gasteiger partial charge in [-0.2, -0.15) is 5.10 Å². The minimum atomic E-state index is -0.678. The molecule has 0 saturated heterocycles. The van der Waals surface area contributed by atoms with Gasteiger partial charge < -0.3 is 25.6 Å². The molecule has 42 heavy (non-hydrogen) atoms. The normalized spacial score (nSPS) is 13.3. The monoisotopic (exact) mass is 571 g/mol. The van der Waals surface area contributed by atoms with Crippen molar-refractivity contribution in [3.8, 4) is 22.8 Å². The highest BCUT2D eigenvalue weighted by molar-refractivity contribution is 6.02. The molecule has 0 fully saturated rings. The Morgan fingerprint density at radius 1 is 0.952 bits per heavy atom. The lowest BCUT2D eigenvalue weighted by Gasteiger charge is -2.25. The van der Waals surface area contributed by atoms with Crippen molar-refractivity contribution >= 4 is 29.1 Å². The van der Waals surface area contributed by atoms with E-state index in [1.165, 1.54) is 48.5 Å². The number of carbonyl (C=O) groups excluding carboxylic acids is 2. The Kier molecular flexibility index (Phi) is 7.95. The SMILES string of the molecule is CC(=O)Nc1cc(Oc2ccc(NC(=O)Nc3cn(C(C)(C)C)nc3-c3ccc4c(c3)CN(C)CC4)c(F)c2)ccn1. The maximum absolute atomic E-state index is 15.0. The molecular weight excluding hydrogens is 537 g/mol. The summed E-state index contributed by atoms with van der Waals surface area (Å²) in [5.74, 6) is -0.0580. The van der Waals surface area contributed by atoms with Crippen molar-refractivity contribution in [2.45, 2.75) is 46.2 Å². The smallest absolute Gasteiger partial charge is 0.323 e. The van der Waals surface area contributed by atoms with Crippen LogP contribution < -0.4 is 20.7 Å². The number of nitrogens with one attached hydrogen (secondary N) is 3. The number of amides is 3. The number of anilines is 3. The zero-order valence-electron chi connectivity index (χ0n) is 24.3. The number of pyridine rings is 1. The minimum Gasteiger partial charge on any atom is -0.457 e. The van der Waals surface area contributed by atoms with Crippen molar-refractivity contribution < 1.29 is 18.7 Å². The highest BCUT2D eigenvalue weighted by atomic mass is 19.1. The lowest BCUT2D eigenvalue weighted by molar-refractivity contribution is -0.114. The van der Waals surface area contributed by atoms with Gasteiger partial charge in [-0.15, -0.1) is 0 Å². The summed E-state index contributed by atoms with van der Waals surface area (Å²) >= 11 is 0. The topological polar surface area (TPSA) is 113 Å². The minimum absolute atomic E-state index is 0.0184. The summed E-state index contributed by atoms with van der Waals surface area (Å²) in [5, 5.41) is 12.8. The molecule has 2 aromatic carbocycles. The van der Waals surface area contributed by atoms with Crippen LogP contribution in [0, 0.1) is 5.82 Å². The van der Waals surface area contributed by atoms with Gasteiger partial charge in [-0.05, 0) is 69.6 Å². The Labute approximate surface area is 243 Å². The number of rotatable bonds is 6. The van der Waals surface area contributed by atoms with Gasteiger partial charge in [0.2, 0.25) is 5.91 Å². The number of likely N-dealkylation sites (N-methyl/N-ethyl adjacent to an activating group) is 1. The van der Waals surface area contributed by atoms with Crippen LogP contribution in [0.25, 0.3) is 11.3 Å². The van der Waals surface area contributed by atoms with Gasteiger partial charge in [0.15, 0.2) is 0 Å². The van der Waals surface area contributed by atoms with Gasteiger partial charge in [0, 0.05) is 50.1 Å². The molecular formula is C31H34FN7O3. The number of hydrogen-bond donors (Lipinski definition) is 3. The average Bonchev–Trinajstić information content (AvgIpc) is 3.34. The highest BCUT2D eigenvalue weighted by Crippen LogP contribution is 2.32. The summed E-state index contributed by atoms with van der Waals surface area (Å²) in [6.07, 6.45) is 4.25. The third-order valence-electron chi connectivity index (χ3n) is 6.79. The van der Waals surface area contributed by atoms with Crippen LogP contribution in [0.3, 0.4) is 0 Å². The Bertz CT molecular complexity index is 1640. The van der Waals surface area contributed by atoms with Crippen molar-refractivity contribution in [3.63, 3.8) is 0 Å². The molecule has 5 rings (SSSR count). The summed E-state index contributed by atoms with van der Waals surface area (Å²) in [5.41, 5.74) is 4.27. The second-order valence-corrected chi connectivity index (χ2v) is 11.4. The molecule has 0 aliphatic carbocycles. The molecule has 0 unspecified atom stereocenters. The predicted octanol–water partition coefficient (Wildman–Crippen LogP) is 6.22. The average molecular weight is 572 g/mol. The molecule has 0 atom stereocenters. The molecule has 4 aromatic rings. The summed E-state index contributed by atoms with van der Waals surface area (Å²) in [6.45, 7) is 9.33. The molecule has 0 spiro atoms. The lowest BCUT2D eigenvalue weighted by Crippen LogP contribution is -2.26. The second kappa shape index (κ2) is 11.6. The van der Waals surface area contributed by atoms with Gasteiger partial charge >= 0.3 is 6.03 Å². The van der Waals surface area contributed by atoms with Gasteiger partial charge in [0.25, 0.3) is 0 Å². The van der Waals surface area contributed by atoms with Crippen molar-refractivity contribution in [3.05, 3.63) is 77.9 Å². The number of nitrogens with zero attached hydrogens (tertiary/aromatic N) is 4. The zero-order chi connectivity index (χ0) is 30.0. The standard InChI is InChI=1S/C31H34FN7O3/c1-19(40)34-28-16-24(10-12-33-28)42-23-8-9-26(25(32)15-23)35-30(41)36-27-18-39(31(2,3)4)37-29(27)21-7-6-20-11-13-38(5)17-22(20)14-21/h6-10,12,14-16,18H,11,13,17H2,1-5H3,(H,33,34,40)(H2,35,36,41). The fourth-order valence-electron chi connectivity index (χ4n) is 4.66. The van der Waals surface area contributed by atoms with Crippen molar-refractivity contribution in [2.24, 2.45) is 0 Å². The third-order valence-corrected chi connectivity index (χ3v) is 6.79. The second-order valence-electron chi connectivity index (χ2n) is 11.4. The Hall–Kier alpha value is -4.77. The maximum Gasteiger partial charge on any atom is 0.323 e. The molecule has 3 heterocycles. The first-order valence-electron chi connectivity index (χ1n) is 13.6. The van der Waals surface area contributed by atoms with Gasteiger partial charge in [-0.25, -0.2) is 14.2 Å². The number of hydrogen-bond acceptors (Lipinski definition) is 6. The molecule has 1 aliphatic rings. The van der Waals surface area contributed by atoms with Crippen LogP contribution in [0.5, 0.6) is 11.5 Å². The molecule has 3 N–H and O–H groups in total. The number of carbonyl (C=O) groups is 2. The van der Waals surface area contributed by atoms with E-state index in [4.69, 9.17) is 9.84 Å². The quantitative estimate of drug-likeness (QED) is 0.253. The van der Waals surface area contributed by atoms with Crippen LogP contribution in [-0.4, -0.2) is 45.2 Å². The number of halogens is 1. The summed E-state index contributed by atoms with van der Waals surface area (Å²) in [6, 6.07) is 12.9. The molecule has 2 aromatic heterocycles. The van der Waals surface area contributed by atoms with Crippen LogP contribution in [0.4, 0.5) is 26.4 Å². The van der Waals surface area contributed by atoms with Crippen molar-refractivity contribution in [1.29, 1.82) is 0 Å². The van der Waals surface area contributed by atoms with Crippen LogP contribution in [0.2, 0.25) is 0 Å². The summed E-state index contributed by atoms with van der Waals surface area (Å²) < 4.78 is 22.5. The fourth-order valence-corrected chi connectivity index (χ4v) is 4.66. The van der Waals surface area contributed by atoms with Crippen LogP contribution in [-0.2, 0) is 23.3 Å². The molecule has 1 aliphatic heterocycles. The van der Waals surface area contributed by atoms with E-state index in [9.17, 15) is 14.0 Å². The van der Waals surface area contributed by atoms with Crippen LogP contribution in [0.1, 0.15) is 38.8 Å². The molecule has 0 bridgehead atoms. The third kappa shape index (κ3) is 6.74. The first-order valence-corrected chi connectivity index (χ1v) is 13.6. The number of urea groups is 1. The highest BCUT2D eigenvalue weighted by Gasteiger charge is 2.22. The number of aromatic nitrogens is 3. The van der Waals surface area contributed by atoms with Gasteiger partial charge in [-0.1, -0.05) is 12.1 Å². The van der Waals surface area contributed by atoms with E-state index < -0.39 is 11.8 Å². The molecule has 0 saturated carbocycles. The fraction of sp³-hybridized carbons (Fsp3) is 0.290. The first-order chi connectivity index (χ1) is 19.9. The molecule has 3 amide bonds. The van der Waals surface area contributed by atoms with E-state index >= 15 is 0 Å². The summed E-state index contributed by atoms with van der Waals surface area (Å²) in [7, 11) is 2.10. The van der Waals surface area contributed by atoms with Gasteiger partial charge in [-0.3, -0.25) is 9.48 Å². The molecule has 218 valence electrons. The number of fused-ring (bicyclic) bond motifs is 1. The number of benzene rings is 2. The maximum atomic E-state index is 15.0. The van der Waals surface area contributed by atoms with Crippen LogP contribution >= 0.6 is 0 Å². The largest absolute Gasteiger partial charge is 0.457 e. The lowest BCUT2D eigenvalue weighted by atomic mass is 9.96. The van der Waals surface area contributed by atoms with Gasteiger partial charge in [0.05, 0.1) is 16.9 Å². The Morgan fingerprint density at radius 2 is 1.71 bits per heavy atom. The van der Waals surface area contributed by atoms with E-state index in [1.54, 1.807) is 12.3 Å². The molecule has 10 nitrogen and oxygen atoms in total. The van der Waals surface area contributed by atoms with Crippen LogP contribution in [0.15, 0.2) is 60.9 Å². The van der Waals surface area contributed by atoms with Gasteiger partial charge in [0.1, 0.15) is 28.8 Å². The van der Waals surface area contributed by atoms with E-state index in [0.29, 0.717) is 22.9 Å². The zero-order valence-corrected chi connectivity index (χ0v) is 24.3. The first kappa shape index (κ1) is 28.7. The molecule has 11 heteroatoms. The molecule has 0 radical (unpaired) electrons. The number of ether oxygens (including phenoxy) is 1. The Morgan fingerprint density at radius 3 is 2.45 bits per heavy atom. The van der Waals surface area contributed by atoms with E-state index in [0.717, 1.165) is 25.1 Å². The van der Waals surface area contributed by atoms with E-state index in [-0.39, 0.29) is 22.9 Å². The summed E-state index contributed by atoms with van der Waals surface area (Å²) in [4.78, 5) is 30.6. The van der Waals surface area contributed by atoms with E-state index in [2.05, 4.69) is 45.0 Å². The Balaban J connectivity index is 1.33. The van der Waals surface area contributed by atoms with Crippen molar-refractivity contribution in [1.82, 2.24) is 19.7 Å². The van der Waals surface area contributed by atoms with Crippen molar-refractivity contribution in [2.75, 3.05) is 29.5 Å².